The van der Waals surface area contributed by atoms with Gasteiger partial charge in [0.2, 0.25) is 0 Å². The standard InChI is InChI=1S/C18H23FN4O2/c1-3-23-10-14(8-20-23)18(25)22-11-16(17(24)12-22)21(2)9-13-4-6-15(19)7-5-13/h4-8,10,16-17,24H,3,9,11-12H2,1-2H3/t16-,17-/m1/s1. The largest absolute Gasteiger partial charge is 0.390 e. The van der Waals surface area contributed by atoms with E-state index in [1.54, 1.807) is 34.1 Å². The summed E-state index contributed by atoms with van der Waals surface area (Å²) in [6.07, 6.45) is 2.67. The van der Waals surface area contributed by atoms with E-state index in [-0.39, 0.29) is 17.8 Å². The van der Waals surface area contributed by atoms with Gasteiger partial charge >= 0.3 is 0 Å². The van der Waals surface area contributed by atoms with E-state index in [0.29, 0.717) is 31.7 Å². The number of amides is 1. The molecule has 1 aliphatic heterocycles. The number of benzene rings is 1. The van der Waals surface area contributed by atoms with Gasteiger partial charge in [0.25, 0.3) is 5.91 Å². The second kappa shape index (κ2) is 7.33. The molecule has 1 fully saturated rings. The normalized spacial score (nSPS) is 20.4. The van der Waals surface area contributed by atoms with Crippen LogP contribution in [-0.2, 0) is 13.1 Å². The Bertz CT molecular complexity index is 731. The minimum atomic E-state index is -0.615. The van der Waals surface area contributed by atoms with E-state index in [9.17, 15) is 14.3 Å². The number of β-amino-alcohol motifs (C(OH)–C–C–N with tert-alkyl or cyclic N) is 1. The van der Waals surface area contributed by atoms with Crippen LogP contribution >= 0.6 is 0 Å². The number of rotatable bonds is 5. The molecule has 1 saturated heterocycles. The van der Waals surface area contributed by atoms with Crippen molar-refractivity contribution in [1.82, 2.24) is 19.6 Å². The maximum Gasteiger partial charge on any atom is 0.257 e. The van der Waals surface area contributed by atoms with Gasteiger partial charge in [0.05, 0.1) is 23.9 Å². The molecule has 7 heteroatoms. The number of likely N-dealkylation sites (tertiary alicyclic amines) is 1. The third kappa shape index (κ3) is 3.88. The smallest absolute Gasteiger partial charge is 0.257 e. The average molecular weight is 346 g/mol. The Morgan fingerprint density at radius 3 is 2.72 bits per heavy atom. The van der Waals surface area contributed by atoms with Crippen molar-refractivity contribution in [3.63, 3.8) is 0 Å². The molecule has 3 rings (SSSR count). The zero-order valence-corrected chi connectivity index (χ0v) is 14.5. The Morgan fingerprint density at radius 2 is 2.08 bits per heavy atom. The molecular formula is C18H23FN4O2. The number of halogens is 1. The first-order valence-corrected chi connectivity index (χ1v) is 8.42. The van der Waals surface area contributed by atoms with Gasteiger partial charge in [0.15, 0.2) is 0 Å². The first kappa shape index (κ1) is 17.6. The number of aliphatic hydroxyl groups excluding tert-OH is 1. The van der Waals surface area contributed by atoms with Gasteiger partial charge in [-0.15, -0.1) is 0 Å². The van der Waals surface area contributed by atoms with Crippen molar-refractivity contribution in [3.8, 4) is 0 Å². The molecule has 0 radical (unpaired) electrons. The summed E-state index contributed by atoms with van der Waals surface area (Å²) in [6.45, 7) is 4.00. The number of hydrogen-bond donors (Lipinski definition) is 1. The van der Waals surface area contributed by atoms with Gasteiger partial charge in [-0.1, -0.05) is 12.1 Å². The first-order valence-electron chi connectivity index (χ1n) is 8.42. The van der Waals surface area contributed by atoms with E-state index in [1.165, 1.54) is 12.1 Å². The summed E-state index contributed by atoms with van der Waals surface area (Å²) in [5.41, 5.74) is 1.50. The fourth-order valence-corrected chi connectivity index (χ4v) is 3.19. The topological polar surface area (TPSA) is 61.6 Å². The van der Waals surface area contributed by atoms with Crippen molar-refractivity contribution in [2.75, 3.05) is 20.1 Å². The second-order valence-electron chi connectivity index (χ2n) is 6.47. The third-order valence-electron chi connectivity index (χ3n) is 4.66. The lowest BCUT2D eigenvalue weighted by Crippen LogP contribution is -2.40. The van der Waals surface area contributed by atoms with Crippen LogP contribution in [0.25, 0.3) is 0 Å². The number of aliphatic hydroxyl groups is 1. The monoisotopic (exact) mass is 346 g/mol. The number of aryl methyl sites for hydroxylation is 1. The molecule has 1 aromatic carbocycles. The van der Waals surface area contributed by atoms with Crippen LogP contribution < -0.4 is 0 Å². The van der Waals surface area contributed by atoms with Gasteiger partial charge < -0.3 is 10.0 Å². The first-order chi connectivity index (χ1) is 12.0. The summed E-state index contributed by atoms with van der Waals surface area (Å²) >= 11 is 0. The van der Waals surface area contributed by atoms with Crippen LogP contribution in [0.4, 0.5) is 4.39 Å². The molecule has 25 heavy (non-hydrogen) atoms. The third-order valence-corrected chi connectivity index (χ3v) is 4.66. The number of carbonyl (C=O) groups is 1. The second-order valence-corrected chi connectivity index (χ2v) is 6.47. The summed E-state index contributed by atoms with van der Waals surface area (Å²) in [5, 5.41) is 14.5. The van der Waals surface area contributed by atoms with E-state index in [4.69, 9.17) is 0 Å². The quantitative estimate of drug-likeness (QED) is 0.888. The molecule has 1 amide bonds. The summed E-state index contributed by atoms with van der Waals surface area (Å²) in [7, 11) is 1.90. The Morgan fingerprint density at radius 1 is 1.36 bits per heavy atom. The molecule has 1 N–H and O–H groups in total. The number of aromatic nitrogens is 2. The molecule has 0 spiro atoms. The lowest BCUT2D eigenvalue weighted by atomic mass is 10.1. The highest BCUT2D eigenvalue weighted by atomic mass is 19.1. The van der Waals surface area contributed by atoms with E-state index in [0.717, 1.165) is 5.56 Å². The van der Waals surface area contributed by atoms with E-state index in [2.05, 4.69) is 5.10 Å². The maximum absolute atomic E-state index is 13.0. The lowest BCUT2D eigenvalue weighted by Gasteiger charge is -2.26. The minimum Gasteiger partial charge on any atom is -0.390 e. The zero-order chi connectivity index (χ0) is 18.0. The SMILES string of the molecule is CCn1cc(C(=O)N2C[C@@H](O)[C@H](N(C)Cc3ccc(F)cc3)C2)cn1. The van der Waals surface area contributed by atoms with Crippen LogP contribution in [0.2, 0.25) is 0 Å². The van der Waals surface area contributed by atoms with Gasteiger partial charge in [-0.05, 0) is 31.7 Å². The molecule has 2 atom stereocenters. The van der Waals surface area contributed by atoms with Crippen LogP contribution in [0, 0.1) is 5.82 Å². The van der Waals surface area contributed by atoms with Crippen LogP contribution in [-0.4, -0.2) is 62.9 Å². The van der Waals surface area contributed by atoms with Crippen LogP contribution in [0.15, 0.2) is 36.7 Å². The number of hydrogen-bond acceptors (Lipinski definition) is 4. The molecule has 6 nitrogen and oxygen atoms in total. The van der Waals surface area contributed by atoms with Crippen LogP contribution in [0.1, 0.15) is 22.8 Å². The highest BCUT2D eigenvalue weighted by Crippen LogP contribution is 2.19. The zero-order valence-electron chi connectivity index (χ0n) is 14.5. The molecule has 0 unspecified atom stereocenters. The summed E-state index contributed by atoms with van der Waals surface area (Å²) in [6, 6.07) is 6.16. The van der Waals surface area contributed by atoms with Gasteiger partial charge in [0.1, 0.15) is 5.82 Å². The Hall–Kier alpha value is -2.25. The molecule has 0 aliphatic carbocycles. The molecule has 2 heterocycles. The molecule has 2 aromatic rings. The van der Waals surface area contributed by atoms with Crippen molar-refractivity contribution in [2.45, 2.75) is 32.2 Å². The van der Waals surface area contributed by atoms with Crippen molar-refractivity contribution in [1.29, 1.82) is 0 Å². The Balaban J connectivity index is 1.63. The Kier molecular flexibility index (Phi) is 5.15. The van der Waals surface area contributed by atoms with E-state index >= 15 is 0 Å². The molecule has 0 bridgehead atoms. The van der Waals surface area contributed by atoms with E-state index in [1.807, 2.05) is 18.9 Å². The fourth-order valence-electron chi connectivity index (χ4n) is 3.19. The Labute approximate surface area is 146 Å². The van der Waals surface area contributed by atoms with Gasteiger partial charge in [0, 0.05) is 32.4 Å². The summed E-state index contributed by atoms with van der Waals surface area (Å²) in [5.74, 6) is -0.381. The molecule has 134 valence electrons. The lowest BCUT2D eigenvalue weighted by molar-refractivity contribution is 0.0762. The minimum absolute atomic E-state index is 0.114. The van der Waals surface area contributed by atoms with Crippen LogP contribution in [0.5, 0.6) is 0 Å². The highest BCUT2D eigenvalue weighted by Gasteiger charge is 2.36. The predicted molar refractivity (Wildman–Crippen MR) is 91.5 cm³/mol. The number of likely N-dealkylation sites (N-methyl/N-ethyl adjacent to an activating group) is 1. The average Bonchev–Trinajstić information content (AvgIpc) is 3.23. The van der Waals surface area contributed by atoms with Crippen molar-refractivity contribution >= 4 is 5.91 Å². The van der Waals surface area contributed by atoms with Crippen molar-refractivity contribution in [3.05, 3.63) is 53.6 Å². The molecular weight excluding hydrogens is 323 g/mol. The summed E-state index contributed by atoms with van der Waals surface area (Å²) < 4.78 is 14.7. The molecule has 1 aliphatic rings. The molecule has 0 saturated carbocycles. The van der Waals surface area contributed by atoms with Gasteiger partial charge in [-0.3, -0.25) is 14.4 Å². The van der Waals surface area contributed by atoms with Gasteiger partial charge in [-0.2, -0.15) is 5.10 Å². The van der Waals surface area contributed by atoms with Crippen molar-refractivity contribution < 1.29 is 14.3 Å². The van der Waals surface area contributed by atoms with Crippen LogP contribution in [0.3, 0.4) is 0 Å². The van der Waals surface area contributed by atoms with E-state index < -0.39 is 6.10 Å². The number of nitrogens with zero attached hydrogens (tertiary/aromatic N) is 4. The fraction of sp³-hybridized carbons (Fsp3) is 0.444. The maximum atomic E-state index is 13.0. The van der Waals surface area contributed by atoms with Gasteiger partial charge in [-0.25, -0.2) is 4.39 Å². The molecule has 1 aromatic heterocycles. The highest BCUT2D eigenvalue weighted by molar-refractivity contribution is 5.94. The number of carbonyl (C=O) groups excluding carboxylic acids is 1. The summed E-state index contributed by atoms with van der Waals surface area (Å²) in [4.78, 5) is 16.2. The van der Waals surface area contributed by atoms with Crippen molar-refractivity contribution in [2.24, 2.45) is 0 Å². The predicted octanol–water partition coefficient (Wildman–Crippen LogP) is 1.36.